The van der Waals surface area contributed by atoms with Crippen molar-refractivity contribution >= 4 is 29.2 Å². The topological polar surface area (TPSA) is 54.5 Å². The molecule has 0 radical (unpaired) electrons. The molecule has 0 aliphatic carbocycles. The zero-order valence-corrected chi connectivity index (χ0v) is 10.2. The molecule has 5 heteroatoms. The first-order valence-corrected chi connectivity index (χ1v) is 5.89. The molecule has 2 rings (SSSR count). The Morgan fingerprint density at radius 2 is 1.72 bits per heavy atom. The maximum atomic E-state index is 11.9. The number of carbonyl (C=O) groups excluding carboxylic acids is 3. The van der Waals surface area contributed by atoms with Crippen molar-refractivity contribution in [2.24, 2.45) is 0 Å². The number of amides is 2. The standard InChI is InChI=1S/C13H10ClNO3/c14-8-9(16)4-3-7-15-12(17)10-5-1-2-6-11(10)13(15)18/h1-6H,7-8H2/b4-3+. The van der Waals surface area contributed by atoms with Crippen LogP contribution in [-0.2, 0) is 4.79 Å². The van der Waals surface area contributed by atoms with Gasteiger partial charge in [-0.15, -0.1) is 11.6 Å². The van der Waals surface area contributed by atoms with Crippen molar-refractivity contribution in [2.45, 2.75) is 0 Å². The van der Waals surface area contributed by atoms with Gasteiger partial charge in [0.05, 0.1) is 17.0 Å². The number of rotatable bonds is 4. The Bertz CT molecular complexity index is 516. The predicted octanol–water partition coefficient (Wildman–Crippen LogP) is 1.65. The van der Waals surface area contributed by atoms with E-state index in [1.165, 1.54) is 12.2 Å². The summed E-state index contributed by atoms with van der Waals surface area (Å²) in [5, 5.41) is 0. The number of benzene rings is 1. The molecule has 0 atom stereocenters. The van der Waals surface area contributed by atoms with Gasteiger partial charge in [-0.2, -0.15) is 0 Å². The van der Waals surface area contributed by atoms with Gasteiger partial charge in [0.15, 0.2) is 5.78 Å². The van der Waals surface area contributed by atoms with Crippen molar-refractivity contribution in [1.29, 1.82) is 0 Å². The molecule has 0 bridgehead atoms. The Morgan fingerprint density at radius 3 is 2.22 bits per heavy atom. The summed E-state index contributed by atoms with van der Waals surface area (Å²) in [6, 6.07) is 6.65. The second-order valence-corrected chi connectivity index (χ2v) is 4.04. The lowest BCUT2D eigenvalue weighted by Crippen LogP contribution is -2.29. The van der Waals surface area contributed by atoms with E-state index in [1.807, 2.05) is 0 Å². The van der Waals surface area contributed by atoms with Gasteiger partial charge in [-0.05, 0) is 18.2 Å². The van der Waals surface area contributed by atoms with Gasteiger partial charge in [0, 0.05) is 6.54 Å². The van der Waals surface area contributed by atoms with E-state index in [0.29, 0.717) is 11.1 Å². The third-order valence-corrected chi connectivity index (χ3v) is 2.87. The molecule has 0 saturated carbocycles. The van der Waals surface area contributed by atoms with Crippen LogP contribution in [0.25, 0.3) is 0 Å². The van der Waals surface area contributed by atoms with Crippen LogP contribution >= 0.6 is 11.6 Å². The third kappa shape index (κ3) is 2.19. The van der Waals surface area contributed by atoms with Gasteiger partial charge >= 0.3 is 0 Å². The van der Waals surface area contributed by atoms with E-state index >= 15 is 0 Å². The van der Waals surface area contributed by atoms with Crippen LogP contribution in [0.5, 0.6) is 0 Å². The van der Waals surface area contributed by atoms with E-state index in [-0.39, 0.29) is 30.0 Å². The average molecular weight is 264 g/mol. The summed E-state index contributed by atoms with van der Waals surface area (Å²) in [5.41, 5.74) is 0.805. The smallest absolute Gasteiger partial charge is 0.261 e. The van der Waals surface area contributed by atoms with E-state index < -0.39 is 0 Å². The molecule has 0 unspecified atom stereocenters. The van der Waals surface area contributed by atoms with Gasteiger partial charge in [0.25, 0.3) is 11.8 Å². The molecule has 0 aromatic heterocycles. The van der Waals surface area contributed by atoms with Crippen LogP contribution in [0.4, 0.5) is 0 Å². The number of allylic oxidation sites excluding steroid dienone is 1. The minimum Gasteiger partial charge on any atom is -0.294 e. The number of carbonyl (C=O) groups is 3. The van der Waals surface area contributed by atoms with Gasteiger partial charge in [-0.1, -0.05) is 18.2 Å². The monoisotopic (exact) mass is 263 g/mol. The molecule has 0 N–H and O–H groups in total. The number of hydrogen-bond acceptors (Lipinski definition) is 3. The van der Waals surface area contributed by atoms with Crippen LogP contribution in [0.3, 0.4) is 0 Å². The summed E-state index contributed by atoms with van der Waals surface area (Å²) in [6.45, 7) is 0.0783. The molecule has 1 aliphatic rings. The molecule has 0 spiro atoms. The number of imide groups is 1. The van der Waals surface area contributed by atoms with Crippen LogP contribution in [0.1, 0.15) is 20.7 Å². The lowest BCUT2D eigenvalue weighted by Gasteiger charge is -2.09. The van der Waals surface area contributed by atoms with Crippen molar-refractivity contribution in [2.75, 3.05) is 12.4 Å². The summed E-state index contributed by atoms with van der Waals surface area (Å²) >= 11 is 5.33. The van der Waals surface area contributed by atoms with E-state index in [1.54, 1.807) is 24.3 Å². The number of alkyl halides is 1. The van der Waals surface area contributed by atoms with Gasteiger partial charge in [-0.3, -0.25) is 19.3 Å². The number of ketones is 1. The Hall–Kier alpha value is -1.94. The highest BCUT2D eigenvalue weighted by Crippen LogP contribution is 2.21. The first-order valence-electron chi connectivity index (χ1n) is 5.35. The number of fused-ring (bicyclic) bond motifs is 1. The van der Waals surface area contributed by atoms with Gasteiger partial charge < -0.3 is 0 Å². The van der Waals surface area contributed by atoms with E-state index in [4.69, 9.17) is 11.6 Å². The summed E-state index contributed by atoms with van der Waals surface area (Å²) in [4.78, 5) is 35.9. The Balaban J connectivity index is 2.14. The first kappa shape index (κ1) is 12.5. The number of halogens is 1. The maximum Gasteiger partial charge on any atom is 0.261 e. The van der Waals surface area contributed by atoms with Crippen molar-refractivity contribution < 1.29 is 14.4 Å². The predicted molar refractivity (Wildman–Crippen MR) is 66.7 cm³/mol. The fraction of sp³-hybridized carbons (Fsp3) is 0.154. The zero-order valence-electron chi connectivity index (χ0n) is 9.43. The van der Waals surface area contributed by atoms with Crippen LogP contribution in [-0.4, -0.2) is 34.9 Å². The minimum absolute atomic E-state index is 0.0783. The number of hydrogen-bond donors (Lipinski definition) is 0. The summed E-state index contributed by atoms with van der Waals surface area (Å²) in [6.07, 6.45) is 2.74. The highest BCUT2D eigenvalue weighted by atomic mass is 35.5. The lowest BCUT2D eigenvalue weighted by molar-refractivity contribution is -0.112. The second kappa shape index (κ2) is 5.14. The molecule has 18 heavy (non-hydrogen) atoms. The first-order chi connectivity index (χ1) is 8.65. The lowest BCUT2D eigenvalue weighted by atomic mass is 10.1. The SMILES string of the molecule is O=C(/C=C/CN1C(=O)c2ccccc2C1=O)CCl. The van der Waals surface area contributed by atoms with Gasteiger partial charge in [-0.25, -0.2) is 0 Å². The molecule has 1 aliphatic heterocycles. The largest absolute Gasteiger partial charge is 0.294 e. The number of nitrogens with zero attached hydrogens (tertiary/aromatic N) is 1. The zero-order chi connectivity index (χ0) is 13.1. The van der Waals surface area contributed by atoms with Crippen molar-refractivity contribution in [3.63, 3.8) is 0 Å². The van der Waals surface area contributed by atoms with E-state index in [2.05, 4.69) is 0 Å². The average Bonchev–Trinajstić information content (AvgIpc) is 2.64. The molecule has 1 aromatic carbocycles. The molecular weight excluding hydrogens is 254 g/mol. The second-order valence-electron chi connectivity index (χ2n) is 3.77. The molecule has 92 valence electrons. The van der Waals surface area contributed by atoms with Crippen LogP contribution < -0.4 is 0 Å². The van der Waals surface area contributed by atoms with Crippen LogP contribution in [0.15, 0.2) is 36.4 Å². The van der Waals surface area contributed by atoms with Crippen LogP contribution in [0, 0.1) is 0 Å². The summed E-state index contributed by atoms with van der Waals surface area (Å²) in [7, 11) is 0. The Morgan fingerprint density at radius 1 is 1.17 bits per heavy atom. The van der Waals surface area contributed by atoms with Crippen molar-refractivity contribution in [3.8, 4) is 0 Å². The Kier molecular flexibility index (Phi) is 3.58. The third-order valence-electron chi connectivity index (χ3n) is 2.60. The minimum atomic E-state index is -0.335. The van der Waals surface area contributed by atoms with Crippen molar-refractivity contribution in [3.05, 3.63) is 47.5 Å². The quantitative estimate of drug-likeness (QED) is 0.471. The highest BCUT2D eigenvalue weighted by molar-refractivity contribution is 6.29. The van der Waals surface area contributed by atoms with Gasteiger partial charge in [0.1, 0.15) is 0 Å². The molecule has 4 nitrogen and oxygen atoms in total. The van der Waals surface area contributed by atoms with E-state index in [9.17, 15) is 14.4 Å². The molecule has 0 fully saturated rings. The fourth-order valence-electron chi connectivity index (χ4n) is 1.74. The van der Waals surface area contributed by atoms with Crippen molar-refractivity contribution in [1.82, 2.24) is 4.90 Å². The fourth-order valence-corrected chi connectivity index (χ4v) is 1.83. The summed E-state index contributed by atoms with van der Waals surface area (Å²) in [5.74, 6) is -1.04. The molecular formula is C13H10ClNO3. The normalized spacial score (nSPS) is 14.4. The maximum absolute atomic E-state index is 11.9. The molecule has 1 aromatic rings. The van der Waals surface area contributed by atoms with Gasteiger partial charge in [0.2, 0.25) is 0 Å². The summed E-state index contributed by atoms with van der Waals surface area (Å²) < 4.78 is 0. The molecule has 2 amide bonds. The molecule has 0 saturated heterocycles. The molecule has 1 heterocycles. The Labute approximate surface area is 109 Å². The van der Waals surface area contributed by atoms with E-state index in [0.717, 1.165) is 4.90 Å². The highest BCUT2D eigenvalue weighted by Gasteiger charge is 2.33. The van der Waals surface area contributed by atoms with Crippen LogP contribution in [0.2, 0.25) is 0 Å².